The highest BCUT2D eigenvalue weighted by Crippen LogP contribution is 2.33. The van der Waals surface area contributed by atoms with Crippen LogP contribution in [0.2, 0.25) is 0 Å². The molecule has 5 N–H and O–H groups in total. The van der Waals surface area contributed by atoms with E-state index in [0.29, 0.717) is 54.8 Å². The van der Waals surface area contributed by atoms with Crippen LogP contribution in [0.15, 0.2) is 41.2 Å². The number of carbonyl (C=O) groups is 1. The van der Waals surface area contributed by atoms with Crippen LogP contribution in [0.5, 0.6) is 5.75 Å². The van der Waals surface area contributed by atoms with Gasteiger partial charge in [0.1, 0.15) is 11.3 Å². The summed E-state index contributed by atoms with van der Waals surface area (Å²) in [6, 6.07) is 5.98. The van der Waals surface area contributed by atoms with Crippen molar-refractivity contribution < 1.29 is 19.1 Å². The summed E-state index contributed by atoms with van der Waals surface area (Å²) in [6.07, 6.45) is 5.35. The summed E-state index contributed by atoms with van der Waals surface area (Å²) < 4.78 is 11.7. The third kappa shape index (κ3) is 5.01. The maximum Gasteiger partial charge on any atom is 0.298 e. The largest absolute Gasteiger partial charge is 0.493 e. The van der Waals surface area contributed by atoms with Crippen LogP contribution < -0.4 is 20.7 Å². The molecule has 0 spiro atoms. The number of hydrogen-bond acceptors (Lipinski definition) is 10. The van der Waals surface area contributed by atoms with Crippen LogP contribution in [0, 0.1) is 0 Å². The first-order valence-corrected chi connectivity index (χ1v) is 11.2. The van der Waals surface area contributed by atoms with E-state index >= 15 is 0 Å². The van der Waals surface area contributed by atoms with Crippen LogP contribution in [-0.2, 0) is 0 Å². The predicted molar refractivity (Wildman–Crippen MR) is 128 cm³/mol. The molecule has 1 amide bonds. The summed E-state index contributed by atoms with van der Waals surface area (Å²) in [6.45, 7) is 5.12. The normalized spacial score (nSPS) is 14.2. The Hall–Kier alpha value is -4.19. The molecule has 0 bridgehead atoms. The van der Waals surface area contributed by atoms with Gasteiger partial charge in [-0.1, -0.05) is 0 Å². The van der Waals surface area contributed by atoms with Crippen LogP contribution in [0.3, 0.4) is 0 Å². The first-order chi connectivity index (χ1) is 16.7. The van der Waals surface area contributed by atoms with E-state index in [0.717, 1.165) is 5.52 Å². The maximum atomic E-state index is 12.0. The van der Waals surface area contributed by atoms with E-state index in [-0.39, 0.29) is 17.4 Å². The molecular formula is C23H26N8O4. The lowest BCUT2D eigenvalue weighted by Gasteiger charge is -2.37. The van der Waals surface area contributed by atoms with Crippen molar-refractivity contribution in [3.05, 3.63) is 48.2 Å². The molecule has 0 saturated carbocycles. The lowest BCUT2D eigenvalue weighted by molar-refractivity contribution is 0.0553. The summed E-state index contributed by atoms with van der Waals surface area (Å²) in [5.41, 5.74) is 7.49. The van der Waals surface area contributed by atoms with Crippen LogP contribution in [-0.4, -0.2) is 61.5 Å². The molecule has 0 atom stereocenters. The Morgan fingerprint density at radius 2 is 2.17 bits per heavy atom. The highest BCUT2D eigenvalue weighted by atomic mass is 16.5. The molecule has 0 unspecified atom stereocenters. The van der Waals surface area contributed by atoms with E-state index in [4.69, 9.17) is 14.9 Å². The molecule has 3 aromatic heterocycles. The Bertz CT molecular complexity index is 1340. The zero-order valence-corrected chi connectivity index (χ0v) is 19.4. The number of hydrogen-bond donors (Lipinski definition) is 4. The second-order valence-corrected chi connectivity index (χ2v) is 9.11. The first-order valence-electron chi connectivity index (χ1n) is 11.2. The predicted octanol–water partition coefficient (Wildman–Crippen LogP) is 2.33. The number of fused-ring (bicyclic) bond motifs is 1. The van der Waals surface area contributed by atoms with Crippen molar-refractivity contribution in [2.24, 2.45) is 5.73 Å². The third-order valence-corrected chi connectivity index (χ3v) is 5.69. The number of H-pyrrole nitrogens is 1. The fourth-order valence-electron chi connectivity index (χ4n) is 3.68. The number of amides is 1. The highest BCUT2D eigenvalue weighted by Gasteiger charge is 2.33. The topological polar surface area (TPSA) is 168 Å². The van der Waals surface area contributed by atoms with Crippen molar-refractivity contribution in [3.8, 4) is 5.75 Å². The molecule has 12 nitrogen and oxygen atoms in total. The standard InChI is InChI=1S/C23H26N8O4/c1-23(2,33)5-6-34-15-3-4-16-18(7-15)35-22(30-16)31-11-13(12-31)17-10-25-21(19(29-17)20(24)32)28-14-8-26-27-9-14/h3-4,7-10,13,33H,5-6,11-12H2,1-2H3,(H2,24,32)(H,25,28)(H,26,27). The lowest BCUT2D eigenvalue weighted by Crippen LogP contribution is -2.45. The van der Waals surface area contributed by atoms with E-state index in [2.05, 4.69) is 30.5 Å². The van der Waals surface area contributed by atoms with Crippen molar-refractivity contribution in [2.45, 2.75) is 31.8 Å². The third-order valence-electron chi connectivity index (χ3n) is 5.69. The molecule has 1 aliphatic rings. The van der Waals surface area contributed by atoms with Crippen LogP contribution in [0.1, 0.15) is 42.4 Å². The average Bonchev–Trinajstić information content (AvgIpc) is 3.42. The zero-order chi connectivity index (χ0) is 24.6. The van der Waals surface area contributed by atoms with Crippen molar-refractivity contribution in [1.82, 2.24) is 25.1 Å². The minimum atomic E-state index is -0.781. The average molecular weight is 479 g/mol. The summed E-state index contributed by atoms with van der Waals surface area (Å²) >= 11 is 0. The number of oxazole rings is 1. The minimum absolute atomic E-state index is 0.0549. The van der Waals surface area contributed by atoms with Crippen molar-refractivity contribution >= 4 is 34.5 Å². The Morgan fingerprint density at radius 3 is 2.89 bits per heavy atom. The Kier molecular flexibility index (Phi) is 5.73. The quantitative estimate of drug-likeness (QED) is 0.280. The van der Waals surface area contributed by atoms with E-state index in [1.54, 1.807) is 38.5 Å². The second kappa shape index (κ2) is 8.87. The van der Waals surface area contributed by atoms with Gasteiger partial charge in [0.2, 0.25) is 0 Å². The summed E-state index contributed by atoms with van der Waals surface area (Å²) in [5, 5.41) is 19.3. The van der Waals surface area contributed by atoms with Gasteiger partial charge >= 0.3 is 0 Å². The molecule has 12 heteroatoms. The van der Waals surface area contributed by atoms with Gasteiger partial charge in [-0.15, -0.1) is 0 Å². The maximum absolute atomic E-state index is 12.0. The van der Waals surface area contributed by atoms with Crippen LogP contribution in [0.4, 0.5) is 17.5 Å². The van der Waals surface area contributed by atoms with Crippen LogP contribution in [0.25, 0.3) is 11.1 Å². The number of ether oxygens (including phenoxy) is 1. The van der Waals surface area contributed by atoms with Gasteiger partial charge in [0, 0.05) is 37.7 Å². The van der Waals surface area contributed by atoms with E-state index in [1.807, 2.05) is 17.0 Å². The van der Waals surface area contributed by atoms with Crippen molar-refractivity contribution in [2.75, 3.05) is 29.9 Å². The Labute approximate surface area is 200 Å². The molecule has 1 aliphatic heterocycles. The summed E-state index contributed by atoms with van der Waals surface area (Å²) in [4.78, 5) is 27.3. The van der Waals surface area contributed by atoms with Gasteiger partial charge in [0.15, 0.2) is 17.1 Å². The van der Waals surface area contributed by atoms with Gasteiger partial charge in [0.05, 0.1) is 36.0 Å². The molecule has 1 aromatic carbocycles. The van der Waals surface area contributed by atoms with Gasteiger partial charge < -0.3 is 30.2 Å². The van der Waals surface area contributed by atoms with Crippen molar-refractivity contribution in [3.63, 3.8) is 0 Å². The summed E-state index contributed by atoms with van der Waals surface area (Å²) in [7, 11) is 0. The molecule has 4 aromatic rings. The molecule has 182 valence electrons. The SMILES string of the molecule is CC(C)(O)CCOc1ccc2nc(N3CC(c4cnc(Nc5cn[nH]c5)c(C(N)=O)n4)C3)oc2c1. The lowest BCUT2D eigenvalue weighted by atomic mass is 9.97. The van der Waals surface area contributed by atoms with Crippen molar-refractivity contribution in [1.29, 1.82) is 0 Å². The molecule has 1 fully saturated rings. The molecule has 0 aliphatic carbocycles. The van der Waals surface area contributed by atoms with Gasteiger partial charge in [0.25, 0.3) is 11.9 Å². The fraction of sp³-hybridized carbons (Fsp3) is 0.348. The number of aromatic amines is 1. The van der Waals surface area contributed by atoms with Gasteiger partial charge in [-0.05, 0) is 26.0 Å². The zero-order valence-electron chi connectivity index (χ0n) is 19.4. The molecule has 0 radical (unpaired) electrons. The molecule has 4 heterocycles. The Morgan fingerprint density at radius 1 is 1.34 bits per heavy atom. The fourth-order valence-corrected chi connectivity index (χ4v) is 3.68. The highest BCUT2D eigenvalue weighted by molar-refractivity contribution is 5.96. The number of carbonyl (C=O) groups excluding carboxylic acids is 1. The monoisotopic (exact) mass is 478 g/mol. The van der Waals surface area contributed by atoms with Gasteiger partial charge in [-0.3, -0.25) is 9.89 Å². The van der Waals surface area contributed by atoms with E-state index in [1.165, 1.54) is 0 Å². The van der Waals surface area contributed by atoms with Gasteiger partial charge in [-0.2, -0.15) is 10.1 Å². The number of nitrogens with two attached hydrogens (primary N) is 1. The number of nitrogens with zero attached hydrogens (tertiary/aromatic N) is 5. The second-order valence-electron chi connectivity index (χ2n) is 9.11. The first kappa shape index (κ1) is 22.6. The number of anilines is 3. The van der Waals surface area contributed by atoms with E-state index < -0.39 is 11.5 Å². The molecule has 1 saturated heterocycles. The number of aromatic nitrogens is 5. The minimum Gasteiger partial charge on any atom is -0.493 e. The molecule has 35 heavy (non-hydrogen) atoms. The van der Waals surface area contributed by atoms with Crippen LogP contribution >= 0.6 is 0 Å². The number of aliphatic hydroxyl groups is 1. The number of benzene rings is 1. The van der Waals surface area contributed by atoms with Gasteiger partial charge in [-0.25, -0.2) is 9.97 Å². The number of primary amides is 1. The Balaban J connectivity index is 1.24. The number of rotatable bonds is 9. The van der Waals surface area contributed by atoms with E-state index in [9.17, 15) is 9.90 Å². The molecular weight excluding hydrogens is 452 g/mol. The smallest absolute Gasteiger partial charge is 0.298 e. The summed E-state index contributed by atoms with van der Waals surface area (Å²) in [5.74, 6) is 0.322. The number of nitrogens with one attached hydrogen (secondary N) is 2. The molecule has 5 rings (SSSR count).